The van der Waals surface area contributed by atoms with Crippen molar-refractivity contribution in [2.75, 3.05) is 24.7 Å². The fraction of sp³-hybridized carbons (Fsp3) is 0.320. The Balaban J connectivity index is 2.48. The molecule has 2 N–H and O–H groups in total. The van der Waals surface area contributed by atoms with Crippen molar-refractivity contribution in [2.45, 2.75) is 26.7 Å². The number of unbranched alkanes of at least 4 members (excludes halogenated alkanes) is 1. The van der Waals surface area contributed by atoms with Crippen molar-refractivity contribution < 1.29 is 4.39 Å². The first-order valence-corrected chi connectivity index (χ1v) is 11.3. The third kappa shape index (κ3) is 7.05. The van der Waals surface area contributed by atoms with Gasteiger partial charge in [0.2, 0.25) is 0 Å². The average molecular weight is 454 g/mol. The van der Waals surface area contributed by atoms with Crippen molar-refractivity contribution in [3.8, 4) is 0 Å². The normalized spacial score (nSPS) is 13.2. The standard InChI is InChI=1S/C25H32FN5S/c1-17(2)24(28-5)21-14-19(9-8-18(21)3)25(22(26)16-27-4)31-23-11-10-20(15-30-23)29-12-6-7-13-32/h8-11,14-17,28-29,32H,3-4,6-7,12-13H2,1-2,5H3/b22-16+,24-21-,31-25?. The summed E-state index contributed by atoms with van der Waals surface area (Å²) in [6, 6.07) is 9.19. The molecule has 5 nitrogen and oxygen atoms in total. The minimum absolute atomic E-state index is 0.139. The SMILES string of the molecule is C=N/C=C(/F)C(=Nc1ccc(NCCCCS)cn1)c1ccc(=C)/c(=C(\NC)C(C)C)c1. The van der Waals surface area contributed by atoms with Crippen LogP contribution in [0.15, 0.2) is 58.5 Å². The summed E-state index contributed by atoms with van der Waals surface area (Å²) in [5, 5.41) is 8.31. The molecule has 7 heteroatoms. The van der Waals surface area contributed by atoms with Crippen LogP contribution >= 0.6 is 12.6 Å². The number of aliphatic imine (C=N–C) groups is 2. The van der Waals surface area contributed by atoms with E-state index in [-0.39, 0.29) is 11.6 Å². The van der Waals surface area contributed by atoms with E-state index in [9.17, 15) is 4.39 Å². The van der Waals surface area contributed by atoms with Gasteiger partial charge >= 0.3 is 0 Å². The number of nitrogens with zero attached hydrogens (tertiary/aromatic N) is 3. The minimum atomic E-state index is -0.589. The summed E-state index contributed by atoms with van der Waals surface area (Å²) in [5.41, 5.74) is 2.66. The van der Waals surface area contributed by atoms with E-state index in [1.807, 2.05) is 25.2 Å². The molecule has 32 heavy (non-hydrogen) atoms. The number of thiol groups is 1. The fourth-order valence-corrected chi connectivity index (χ4v) is 3.47. The van der Waals surface area contributed by atoms with Crippen LogP contribution in [0.2, 0.25) is 0 Å². The maximum absolute atomic E-state index is 14.9. The summed E-state index contributed by atoms with van der Waals surface area (Å²) >= 11 is 4.22. The predicted octanol–water partition coefficient (Wildman–Crippen LogP) is 4.23. The molecule has 0 bridgehead atoms. The molecule has 0 aliphatic heterocycles. The van der Waals surface area contributed by atoms with Crippen LogP contribution in [0.3, 0.4) is 0 Å². The third-order valence-electron chi connectivity index (χ3n) is 4.84. The number of allylic oxidation sites excluding steroid dienone is 1. The van der Waals surface area contributed by atoms with Crippen LogP contribution in [0, 0.1) is 5.92 Å². The summed E-state index contributed by atoms with van der Waals surface area (Å²) in [4.78, 5) is 12.4. The van der Waals surface area contributed by atoms with Crippen LogP contribution < -0.4 is 21.1 Å². The van der Waals surface area contributed by atoms with Crippen LogP contribution in [0.25, 0.3) is 12.3 Å². The lowest BCUT2D eigenvalue weighted by atomic mass is 10.0. The first-order valence-electron chi connectivity index (χ1n) is 10.6. The van der Waals surface area contributed by atoms with Gasteiger partial charge < -0.3 is 10.6 Å². The van der Waals surface area contributed by atoms with Gasteiger partial charge in [0.25, 0.3) is 0 Å². The summed E-state index contributed by atoms with van der Waals surface area (Å²) in [6.07, 6.45) is 4.83. The van der Waals surface area contributed by atoms with Crippen molar-refractivity contribution in [3.05, 3.63) is 64.6 Å². The van der Waals surface area contributed by atoms with Gasteiger partial charge in [0.15, 0.2) is 11.6 Å². The second-order valence-electron chi connectivity index (χ2n) is 7.57. The van der Waals surface area contributed by atoms with Crippen molar-refractivity contribution in [1.29, 1.82) is 0 Å². The predicted molar refractivity (Wildman–Crippen MR) is 139 cm³/mol. The van der Waals surface area contributed by atoms with Crippen LogP contribution in [-0.4, -0.2) is 36.8 Å². The highest BCUT2D eigenvalue weighted by atomic mass is 32.1. The number of nitrogens with one attached hydrogen (secondary N) is 2. The lowest BCUT2D eigenvalue weighted by Gasteiger charge is -2.12. The van der Waals surface area contributed by atoms with E-state index in [4.69, 9.17) is 0 Å². The molecule has 0 spiro atoms. The molecule has 0 saturated carbocycles. The molecule has 0 atom stereocenters. The molecule has 0 fully saturated rings. The maximum atomic E-state index is 14.9. The molecule has 1 heterocycles. The maximum Gasteiger partial charge on any atom is 0.167 e. The molecule has 2 aromatic rings. The third-order valence-corrected chi connectivity index (χ3v) is 5.16. The smallest absolute Gasteiger partial charge is 0.167 e. The number of hydrogen-bond acceptors (Lipinski definition) is 6. The fourth-order valence-electron chi connectivity index (χ4n) is 3.25. The number of rotatable bonds is 11. The van der Waals surface area contributed by atoms with Gasteiger partial charge in [0.1, 0.15) is 5.71 Å². The molecular weight excluding hydrogens is 421 g/mol. The lowest BCUT2D eigenvalue weighted by Crippen LogP contribution is -2.33. The highest BCUT2D eigenvalue weighted by Gasteiger charge is 2.12. The highest BCUT2D eigenvalue weighted by Crippen LogP contribution is 2.18. The topological polar surface area (TPSA) is 61.7 Å². The van der Waals surface area contributed by atoms with Gasteiger partial charge in [-0.05, 0) is 54.6 Å². The Labute approximate surface area is 195 Å². The largest absolute Gasteiger partial charge is 0.391 e. The number of hydrogen-bond donors (Lipinski definition) is 3. The molecule has 0 unspecified atom stereocenters. The Bertz CT molecular complexity index is 1070. The molecule has 1 aromatic heterocycles. The summed E-state index contributed by atoms with van der Waals surface area (Å²) in [5.74, 6) is 0.932. The van der Waals surface area contributed by atoms with Crippen molar-refractivity contribution >= 4 is 48.8 Å². The number of aromatic nitrogens is 1. The highest BCUT2D eigenvalue weighted by molar-refractivity contribution is 7.80. The Hall–Kier alpha value is -2.93. The number of pyridine rings is 1. The Morgan fingerprint density at radius 1 is 1.25 bits per heavy atom. The van der Waals surface area contributed by atoms with Crippen LogP contribution in [0.1, 0.15) is 32.3 Å². The monoisotopic (exact) mass is 453 g/mol. The zero-order valence-electron chi connectivity index (χ0n) is 19.0. The quantitative estimate of drug-likeness (QED) is 0.271. The van der Waals surface area contributed by atoms with Gasteiger partial charge in [0.05, 0.1) is 18.1 Å². The molecule has 0 amide bonds. The van der Waals surface area contributed by atoms with E-state index < -0.39 is 5.83 Å². The second kappa shape index (κ2) is 12.8. The Morgan fingerprint density at radius 3 is 2.62 bits per heavy atom. The molecule has 0 aliphatic rings. The first kappa shape index (κ1) is 25.3. The van der Waals surface area contributed by atoms with Crippen LogP contribution in [0.4, 0.5) is 15.9 Å². The zero-order chi connectivity index (χ0) is 23.5. The van der Waals surface area contributed by atoms with Crippen LogP contribution in [0.5, 0.6) is 0 Å². The minimum Gasteiger partial charge on any atom is -0.391 e. The molecule has 0 aliphatic carbocycles. The number of halogens is 1. The van der Waals surface area contributed by atoms with Crippen molar-refractivity contribution in [1.82, 2.24) is 10.3 Å². The second-order valence-corrected chi connectivity index (χ2v) is 8.02. The van der Waals surface area contributed by atoms with Gasteiger partial charge in [-0.15, -0.1) is 0 Å². The van der Waals surface area contributed by atoms with Gasteiger partial charge in [-0.3, -0.25) is 4.99 Å². The average Bonchev–Trinajstić information content (AvgIpc) is 2.78. The van der Waals surface area contributed by atoms with Gasteiger partial charge in [-0.2, -0.15) is 12.6 Å². The van der Waals surface area contributed by atoms with Gasteiger partial charge in [-0.1, -0.05) is 32.6 Å². The number of benzene rings is 1. The zero-order valence-corrected chi connectivity index (χ0v) is 19.9. The summed E-state index contributed by atoms with van der Waals surface area (Å²) < 4.78 is 14.9. The lowest BCUT2D eigenvalue weighted by molar-refractivity contribution is 0.678. The van der Waals surface area contributed by atoms with Crippen molar-refractivity contribution in [3.63, 3.8) is 0 Å². The van der Waals surface area contributed by atoms with E-state index >= 15 is 0 Å². The van der Waals surface area contributed by atoms with Gasteiger partial charge in [-0.25, -0.2) is 14.4 Å². The van der Waals surface area contributed by atoms with E-state index in [2.05, 4.69) is 65.4 Å². The number of anilines is 1. The van der Waals surface area contributed by atoms with Gasteiger partial charge in [0, 0.05) is 30.1 Å². The van der Waals surface area contributed by atoms with E-state index in [1.165, 1.54) is 0 Å². The Kier molecular flexibility index (Phi) is 10.1. The summed E-state index contributed by atoms with van der Waals surface area (Å²) in [7, 11) is 1.87. The molecule has 2 rings (SSSR count). The molecule has 0 radical (unpaired) electrons. The van der Waals surface area contributed by atoms with Crippen molar-refractivity contribution in [2.24, 2.45) is 15.9 Å². The molecule has 0 saturated heterocycles. The molecule has 170 valence electrons. The van der Waals surface area contributed by atoms with E-state index in [1.54, 1.807) is 18.3 Å². The molecular formula is C25H32FN5S. The molecule has 1 aromatic carbocycles. The Morgan fingerprint density at radius 2 is 2.03 bits per heavy atom. The van der Waals surface area contributed by atoms with E-state index in [0.717, 1.165) is 53.2 Å². The van der Waals surface area contributed by atoms with E-state index in [0.29, 0.717) is 11.4 Å². The summed E-state index contributed by atoms with van der Waals surface area (Å²) in [6.45, 7) is 12.5. The first-order chi connectivity index (χ1) is 15.4. The van der Waals surface area contributed by atoms with Crippen LogP contribution in [-0.2, 0) is 0 Å².